The molecule has 152 valence electrons. The minimum absolute atomic E-state index is 0.00508. The Labute approximate surface area is 169 Å². The van der Waals surface area contributed by atoms with Crippen LogP contribution in [0.15, 0.2) is 40.0 Å². The Morgan fingerprint density at radius 2 is 2.04 bits per heavy atom. The average molecular weight is 424 g/mol. The highest BCUT2D eigenvalue weighted by Crippen LogP contribution is 2.24. The molecule has 1 aliphatic rings. The smallest absolute Gasteiger partial charge is 0.277 e. The monoisotopic (exact) mass is 423 g/mol. The molecule has 1 amide bonds. The van der Waals surface area contributed by atoms with Crippen LogP contribution in [0.5, 0.6) is 0 Å². The maximum Gasteiger partial charge on any atom is 0.277 e. The molecule has 0 N–H and O–H groups in total. The first-order valence-electron chi connectivity index (χ1n) is 9.31. The number of hydrogen-bond acceptors (Lipinski definition) is 7. The average Bonchev–Trinajstić information content (AvgIpc) is 3.24. The van der Waals surface area contributed by atoms with Crippen LogP contribution in [0.4, 0.5) is 0 Å². The Morgan fingerprint density at radius 3 is 2.68 bits per heavy atom. The van der Waals surface area contributed by atoms with Crippen molar-refractivity contribution in [1.82, 2.24) is 15.1 Å². The van der Waals surface area contributed by atoms with Gasteiger partial charge in [0.15, 0.2) is 9.84 Å². The van der Waals surface area contributed by atoms with E-state index in [1.54, 1.807) is 0 Å². The summed E-state index contributed by atoms with van der Waals surface area (Å²) < 4.78 is 28.7. The van der Waals surface area contributed by atoms with Crippen LogP contribution >= 0.6 is 11.8 Å². The summed E-state index contributed by atoms with van der Waals surface area (Å²) in [6.45, 7) is 4.54. The molecule has 1 atom stereocenters. The van der Waals surface area contributed by atoms with Crippen molar-refractivity contribution < 1.29 is 17.6 Å². The van der Waals surface area contributed by atoms with E-state index in [1.807, 2.05) is 49.1 Å². The third-order valence-electron chi connectivity index (χ3n) is 4.70. The Balaban J connectivity index is 1.52. The molecule has 1 unspecified atom stereocenters. The Kier molecular flexibility index (Phi) is 6.77. The SMILES string of the molecule is CC(C)N(Cc1ccccc1)C(=O)CSc1nnc(CC2CCS(=O)(=O)C2)o1. The number of benzene rings is 1. The molecule has 1 fully saturated rings. The lowest BCUT2D eigenvalue weighted by molar-refractivity contribution is -0.130. The molecule has 0 spiro atoms. The second-order valence-corrected chi connectivity index (χ2v) is 10.5. The van der Waals surface area contributed by atoms with Gasteiger partial charge in [-0.3, -0.25) is 4.79 Å². The second-order valence-electron chi connectivity index (χ2n) is 7.32. The fraction of sp³-hybridized carbons (Fsp3) is 0.526. The Hall–Kier alpha value is -1.87. The number of hydrogen-bond donors (Lipinski definition) is 0. The zero-order valence-corrected chi connectivity index (χ0v) is 17.7. The third-order valence-corrected chi connectivity index (χ3v) is 7.34. The largest absolute Gasteiger partial charge is 0.416 e. The molecule has 0 radical (unpaired) electrons. The Bertz CT molecular complexity index is 897. The molecule has 1 saturated heterocycles. The third kappa shape index (κ3) is 5.81. The first kappa shape index (κ1) is 20.9. The summed E-state index contributed by atoms with van der Waals surface area (Å²) in [5.74, 6) is 1.10. The predicted octanol–water partition coefficient (Wildman–Crippen LogP) is 2.58. The van der Waals surface area contributed by atoms with Gasteiger partial charge in [-0.2, -0.15) is 0 Å². The van der Waals surface area contributed by atoms with Crippen LogP contribution in [0, 0.1) is 5.92 Å². The van der Waals surface area contributed by atoms with Crippen molar-refractivity contribution in [3.05, 3.63) is 41.8 Å². The van der Waals surface area contributed by atoms with E-state index in [0.717, 1.165) is 5.56 Å². The molecular formula is C19H25N3O4S2. The number of carbonyl (C=O) groups is 1. The molecule has 7 nitrogen and oxygen atoms in total. The van der Waals surface area contributed by atoms with Gasteiger partial charge in [0.2, 0.25) is 11.8 Å². The van der Waals surface area contributed by atoms with Gasteiger partial charge >= 0.3 is 0 Å². The topological polar surface area (TPSA) is 93.4 Å². The van der Waals surface area contributed by atoms with Gasteiger partial charge in [0, 0.05) is 19.0 Å². The standard InChI is InChI=1S/C19H25N3O4S2/c1-14(2)22(11-15-6-4-3-5-7-15)18(23)12-27-19-21-20-17(26-19)10-16-8-9-28(24,25)13-16/h3-7,14,16H,8-13H2,1-2H3. The molecular weight excluding hydrogens is 398 g/mol. The van der Waals surface area contributed by atoms with Crippen LogP contribution < -0.4 is 0 Å². The van der Waals surface area contributed by atoms with Gasteiger partial charge in [0.25, 0.3) is 5.22 Å². The predicted molar refractivity (Wildman–Crippen MR) is 108 cm³/mol. The number of amides is 1. The van der Waals surface area contributed by atoms with Crippen LogP contribution in [0.25, 0.3) is 0 Å². The van der Waals surface area contributed by atoms with Crippen LogP contribution in [-0.2, 0) is 27.6 Å². The summed E-state index contributed by atoms with van der Waals surface area (Å²) in [6.07, 6.45) is 1.10. The Morgan fingerprint density at radius 1 is 1.29 bits per heavy atom. The van der Waals surface area contributed by atoms with Gasteiger partial charge in [-0.25, -0.2) is 8.42 Å². The zero-order chi connectivity index (χ0) is 20.1. The lowest BCUT2D eigenvalue weighted by atomic mass is 10.1. The minimum Gasteiger partial charge on any atom is -0.416 e. The van der Waals surface area contributed by atoms with Crippen LogP contribution in [0.1, 0.15) is 31.7 Å². The van der Waals surface area contributed by atoms with Gasteiger partial charge in [-0.15, -0.1) is 10.2 Å². The minimum atomic E-state index is -2.92. The van der Waals surface area contributed by atoms with Crippen LogP contribution in [0.2, 0.25) is 0 Å². The highest BCUT2D eigenvalue weighted by atomic mass is 32.2. The molecule has 1 aromatic carbocycles. The van der Waals surface area contributed by atoms with E-state index in [0.29, 0.717) is 30.5 Å². The second kappa shape index (κ2) is 9.09. The fourth-order valence-electron chi connectivity index (χ4n) is 3.20. The fourth-order valence-corrected chi connectivity index (χ4v) is 5.73. The molecule has 2 heterocycles. The normalized spacial score (nSPS) is 18.5. The molecule has 1 aliphatic heterocycles. The van der Waals surface area contributed by atoms with Crippen molar-refractivity contribution in [2.75, 3.05) is 17.3 Å². The van der Waals surface area contributed by atoms with Crippen molar-refractivity contribution in [2.45, 2.75) is 44.5 Å². The molecule has 2 aromatic rings. The summed E-state index contributed by atoms with van der Waals surface area (Å²) in [4.78, 5) is 14.5. The summed E-state index contributed by atoms with van der Waals surface area (Å²) in [6, 6.07) is 9.96. The van der Waals surface area contributed by atoms with Crippen molar-refractivity contribution >= 4 is 27.5 Å². The molecule has 0 bridgehead atoms. The van der Waals surface area contributed by atoms with E-state index in [1.165, 1.54) is 11.8 Å². The summed E-state index contributed by atoms with van der Waals surface area (Å²) in [5, 5.41) is 8.32. The quantitative estimate of drug-likeness (QED) is 0.602. The molecule has 1 aromatic heterocycles. The number of carbonyl (C=O) groups excluding carboxylic acids is 1. The van der Waals surface area contributed by atoms with E-state index >= 15 is 0 Å². The molecule has 0 saturated carbocycles. The zero-order valence-electron chi connectivity index (χ0n) is 16.1. The number of sulfone groups is 1. The molecule has 9 heteroatoms. The van der Waals surface area contributed by atoms with Crippen molar-refractivity contribution in [3.63, 3.8) is 0 Å². The first-order valence-corrected chi connectivity index (χ1v) is 12.1. The van der Waals surface area contributed by atoms with E-state index < -0.39 is 9.84 Å². The van der Waals surface area contributed by atoms with Crippen LogP contribution in [0.3, 0.4) is 0 Å². The summed E-state index contributed by atoms with van der Waals surface area (Å²) in [7, 11) is -2.92. The highest BCUT2D eigenvalue weighted by Gasteiger charge is 2.29. The maximum absolute atomic E-state index is 12.7. The van der Waals surface area contributed by atoms with Gasteiger partial charge in [0.1, 0.15) is 0 Å². The van der Waals surface area contributed by atoms with Gasteiger partial charge in [-0.1, -0.05) is 42.1 Å². The highest BCUT2D eigenvalue weighted by molar-refractivity contribution is 7.99. The van der Waals surface area contributed by atoms with E-state index in [4.69, 9.17) is 4.42 Å². The van der Waals surface area contributed by atoms with Crippen molar-refractivity contribution in [2.24, 2.45) is 5.92 Å². The lowest BCUT2D eigenvalue weighted by Gasteiger charge is -2.26. The number of nitrogens with zero attached hydrogens (tertiary/aromatic N) is 3. The number of thioether (sulfide) groups is 1. The van der Waals surface area contributed by atoms with E-state index in [2.05, 4.69) is 10.2 Å². The summed E-state index contributed by atoms with van der Waals surface area (Å²) in [5.41, 5.74) is 1.08. The molecule has 3 rings (SSSR count). The lowest BCUT2D eigenvalue weighted by Crippen LogP contribution is -2.37. The van der Waals surface area contributed by atoms with Gasteiger partial charge < -0.3 is 9.32 Å². The van der Waals surface area contributed by atoms with Crippen molar-refractivity contribution in [3.8, 4) is 0 Å². The van der Waals surface area contributed by atoms with E-state index in [9.17, 15) is 13.2 Å². The number of aromatic nitrogens is 2. The van der Waals surface area contributed by atoms with Gasteiger partial charge in [0.05, 0.1) is 17.3 Å². The molecule has 0 aliphatic carbocycles. The summed E-state index contributed by atoms with van der Waals surface area (Å²) >= 11 is 1.21. The van der Waals surface area contributed by atoms with Crippen LogP contribution in [-0.4, -0.2) is 52.7 Å². The van der Waals surface area contributed by atoms with Crippen molar-refractivity contribution in [1.29, 1.82) is 0 Å². The first-order chi connectivity index (χ1) is 13.3. The van der Waals surface area contributed by atoms with Gasteiger partial charge in [-0.05, 0) is 31.7 Å². The molecule has 28 heavy (non-hydrogen) atoms. The number of rotatable bonds is 8. The van der Waals surface area contributed by atoms with E-state index in [-0.39, 0.29) is 35.1 Å². The maximum atomic E-state index is 12.7.